The van der Waals surface area contributed by atoms with Crippen LogP contribution < -0.4 is 0 Å². The van der Waals surface area contributed by atoms with E-state index in [0.717, 1.165) is 18.4 Å². The van der Waals surface area contributed by atoms with Crippen LogP contribution in [0.3, 0.4) is 0 Å². The van der Waals surface area contributed by atoms with Gasteiger partial charge < -0.3 is 0 Å². The van der Waals surface area contributed by atoms with Crippen molar-refractivity contribution in [2.75, 3.05) is 0 Å². The predicted octanol–water partition coefficient (Wildman–Crippen LogP) is 4.56. The first kappa shape index (κ1) is 11.8. The molecule has 0 aliphatic rings. The molecule has 0 saturated heterocycles. The van der Waals surface area contributed by atoms with Gasteiger partial charge in [0.2, 0.25) is 0 Å². The van der Waals surface area contributed by atoms with Gasteiger partial charge in [-0.05, 0) is 36.0 Å². The minimum Gasteiger partial charge on any atom is -0.207 e. The molecule has 0 saturated carbocycles. The molecule has 0 aliphatic heterocycles. The zero-order valence-electron chi connectivity index (χ0n) is 10.1. The highest BCUT2D eigenvalue weighted by molar-refractivity contribution is 5.25. The molecule has 88 valence electrons. The van der Waals surface area contributed by atoms with Gasteiger partial charge in [-0.15, -0.1) is 0 Å². The van der Waals surface area contributed by atoms with Crippen LogP contribution in [0, 0.1) is 5.82 Å². The monoisotopic (exact) mass is 228 g/mol. The fraction of sp³-hybridized carbons (Fsp3) is 0.250. The second kappa shape index (κ2) is 5.62. The Kier molecular flexibility index (Phi) is 3.92. The molecule has 0 fully saturated rings. The molecule has 0 spiro atoms. The second-order valence-corrected chi connectivity index (χ2v) is 4.31. The minimum atomic E-state index is -0.0955. The summed E-state index contributed by atoms with van der Waals surface area (Å²) < 4.78 is 13.6. The van der Waals surface area contributed by atoms with Crippen molar-refractivity contribution in [2.24, 2.45) is 0 Å². The SMILES string of the molecule is CCC(Cc1ccccc1F)c1ccccc1. The number of hydrogen-bond acceptors (Lipinski definition) is 0. The zero-order valence-corrected chi connectivity index (χ0v) is 10.1. The summed E-state index contributed by atoms with van der Waals surface area (Å²) in [5.74, 6) is 0.301. The Labute approximate surface area is 102 Å². The third kappa shape index (κ3) is 2.94. The summed E-state index contributed by atoms with van der Waals surface area (Å²) in [6.45, 7) is 2.15. The summed E-state index contributed by atoms with van der Waals surface area (Å²) in [5.41, 5.74) is 2.10. The Hall–Kier alpha value is -1.63. The van der Waals surface area contributed by atoms with Crippen molar-refractivity contribution < 1.29 is 4.39 Å². The third-order valence-electron chi connectivity index (χ3n) is 3.19. The standard InChI is InChI=1S/C16H17F/c1-2-13(14-8-4-3-5-9-14)12-15-10-6-7-11-16(15)17/h3-11,13H,2,12H2,1H3. The van der Waals surface area contributed by atoms with Gasteiger partial charge in [0.15, 0.2) is 0 Å². The van der Waals surface area contributed by atoms with Crippen LogP contribution in [0.2, 0.25) is 0 Å². The van der Waals surface area contributed by atoms with E-state index >= 15 is 0 Å². The molecule has 0 heterocycles. The average molecular weight is 228 g/mol. The highest BCUT2D eigenvalue weighted by Crippen LogP contribution is 2.24. The van der Waals surface area contributed by atoms with Crippen molar-refractivity contribution in [1.82, 2.24) is 0 Å². The van der Waals surface area contributed by atoms with Gasteiger partial charge in [0.1, 0.15) is 5.82 Å². The number of rotatable bonds is 4. The molecule has 2 aromatic carbocycles. The van der Waals surface area contributed by atoms with E-state index in [-0.39, 0.29) is 5.82 Å². The van der Waals surface area contributed by atoms with Crippen molar-refractivity contribution >= 4 is 0 Å². The molecule has 1 heteroatoms. The first-order valence-corrected chi connectivity index (χ1v) is 6.09. The van der Waals surface area contributed by atoms with Crippen molar-refractivity contribution in [1.29, 1.82) is 0 Å². The maximum atomic E-state index is 13.6. The number of halogens is 1. The minimum absolute atomic E-state index is 0.0955. The van der Waals surface area contributed by atoms with Gasteiger partial charge in [-0.3, -0.25) is 0 Å². The molecule has 0 aliphatic carbocycles. The molecule has 1 unspecified atom stereocenters. The topological polar surface area (TPSA) is 0 Å². The molecule has 0 N–H and O–H groups in total. The first-order valence-electron chi connectivity index (χ1n) is 6.09. The van der Waals surface area contributed by atoms with E-state index in [0.29, 0.717) is 5.92 Å². The van der Waals surface area contributed by atoms with Crippen LogP contribution in [0.1, 0.15) is 30.4 Å². The van der Waals surface area contributed by atoms with Gasteiger partial charge in [-0.1, -0.05) is 55.5 Å². The molecule has 17 heavy (non-hydrogen) atoms. The van der Waals surface area contributed by atoms with Gasteiger partial charge in [0, 0.05) is 0 Å². The average Bonchev–Trinajstić information content (AvgIpc) is 2.39. The maximum Gasteiger partial charge on any atom is 0.126 e. The summed E-state index contributed by atoms with van der Waals surface area (Å²) >= 11 is 0. The van der Waals surface area contributed by atoms with Gasteiger partial charge >= 0.3 is 0 Å². The Morgan fingerprint density at radius 2 is 1.59 bits per heavy atom. The molecular weight excluding hydrogens is 211 g/mol. The zero-order chi connectivity index (χ0) is 12.1. The molecule has 0 bridgehead atoms. The van der Waals surface area contributed by atoms with Crippen LogP contribution in [-0.2, 0) is 6.42 Å². The van der Waals surface area contributed by atoms with Gasteiger partial charge in [0.25, 0.3) is 0 Å². The fourth-order valence-corrected chi connectivity index (χ4v) is 2.15. The van der Waals surface area contributed by atoms with Gasteiger partial charge in [0.05, 0.1) is 0 Å². The van der Waals surface area contributed by atoms with Crippen molar-refractivity contribution in [3.05, 3.63) is 71.5 Å². The number of benzene rings is 2. The molecule has 2 rings (SSSR count). The lowest BCUT2D eigenvalue weighted by Gasteiger charge is -2.15. The van der Waals surface area contributed by atoms with E-state index in [9.17, 15) is 4.39 Å². The lowest BCUT2D eigenvalue weighted by atomic mass is 9.90. The van der Waals surface area contributed by atoms with Crippen LogP contribution in [-0.4, -0.2) is 0 Å². The molecule has 0 radical (unpaired) electrons. The van der Waals surface area contributed by atoms with Crippen LogP contribution in [0.15, 0.2) is 54.6 Å². The summed E-state index contributed by atoms with van der Waals surface area (Å²) in [6, 6.07) is 17.4. The van der Waals surface area contributed by atoms with Crippen LogP contribution in [0.5, 0.6) is 0 Å². The second-order valence-electron chi connectivity index (χ2n) is 4.31. The van der Waals surface area contributed by atoms with E-state index in [1.165, 1.54) is 11.6 Å². The van der Waals surface area contributed by atoms with Crippen LogP contribution in [0.4, 0.5) is 4.39 Å². The quantitative estimate of drug-likeness (QED) is 0.719. The maximum absolute atomic E-state index is 13.6. The third-order valence-corrected chi connectivity index (χ3v) is 3.19. The summed E-state index contributed by atoms with van der Waals surface area (Å²) in [7, 11) is 0. The van der Waals surface area contributed by atoms with E-state index in [2.05, 4.69) is 19.1 Å². The first-order chi connectivity index (χ1) is 8.31. The number of hydrogen-bond donors (Lipinski definition) is 0. The highest BCUT2D eigenvalue weighted by atomic mass is 19.1. The fourth-order valence-electron chi connectivity index (χ4n) is 2.15. The molecule has 1 atom stereocenters. The summed E-state index contributed by atoms with van der Waals surface area (Å²) in [6.07, 6.45) is 1.80. The lowest BCUT2D eigenvalue weighted by molar-refractivity contribution is 0.582. The van der Waals surface area contributed by atoms with Crippen LogP contribution >= 0.6 is 0 Å². The van der Waals surface area contributed by atoms with E-state index < -0.39 is 0 Å². The van der Waals surface area contributed by atoms with Crippen molar-refractivity contribution in [3.8, 4) is 0 Å². The Balaban J connectivity index is 2.19. The molecular formula is C16H17F. The predicted molar refractivity (Wildman–Crippen MR) is 69.6 cm³/mol. The van der Waals surface area contributed by atoms with Gasteiger partial charge in [-0.25, -0.2) is 4.39 Å². The van der Waals surface area contributed by atoms with E-state index in [1.54, 1.807) is 6.07 Å². The highest BCUT2D eigenvalue weighted by Gasteiger charge is 2.11. The smallest absolute Gasteiger partial charge is 0.126 e. The normalized spacial score (nSPS) is 12.4. The summed E-state index contributed by atoms with van der Waals surface area (Å²) in [4.78, 5) is 0. The molecule has 0 nitrogen and oxygen atoms in total. The Bertz CT molecular complexity index is 462. The Morgan fingerprint density at radius 3 is 2.24 bits per heavy atom. The summed E-state index contributed by atoms with van der Waals surface area (Å²) in [5, 5.41) is 0. The van der Waals surface area contributed by atoms with E-state index in [4.69, 9.17) is 0 Å². The van der Waals surface area contributed by atoms with Crippen molar-refractivity contribution in [3.63, 3.8) is 0 Å². The van der Waals surface area contributed by atoms with E-state index in [1.807, 2.05) is 30.3 Å². The van der Waals surface area contributed by atoms with Gasteiger partial charge in [-0.2, -0.15) is 0 Å². The molecule has 2 aromatic rings. The lowest BCUT2D eigenvalue weighted by Crippen LogP contribution is -2.03. The van der Waals surface area contributed by atoms with Crippen molar-refractivity contribution in [2.45, 2.75) is 25.7 Å². The molecule has 0 aromatic heterocycles. The Morgan fingerprint density at radius 1 is 0.941 bits per heavy atom. The van der Waals surface area contributed by atoms with Crippen LogP contribution in [0.25, 0.3) is 0 Å². The molecule has 0 amide bonds. The largest absolute Gasteiger partial charge is 0.207 e.